The molecular weight excluding hydrogens is 287 g/mol. The third kappa shape index (κ3) is 4.42. The van der Waals surface area contributed by atoms with Gasteiger partial charge in [-0.05, 0) is 12.8 Å². The smallest absolute Gasteiger partial charge is 1.00 e. The van der Waals surface area contributed by atoms with Crippen molar-refractivity contribution in [3.05, 3.63) is 0 Å². The maximum atomic E-state index is 11.4. The van der Waals surface area contributed by atoms with Crippen molar-refractivity contribution in [2.45, 2.75) is 44.3 Å². The van der Waals surface area contributed by atoms with Gasteiger partial charge in [0.2, 0.25) is 4.75 Å². The normalized spacial score (nSPS) is 15.9. The van der Waals surface area contributed by atoms with Crippen LogP contribution in [0.2, 0.25) is 0 Å². The van der Waals surface area contributed by atoms with Gasteiger partial charge in [0.1, 0.15) is 0 Å². The van der Waals surface area contributed by atoms with Crippen LogP contribution in [0.3, 0.4) is 0 Å². The van der Waals surface area contributed by atoms with Crippen LogP contribution >= 0.6 is 0 Å². The quantitative estimate of drug-likeness (QED) is 0.353. The molecule has 3 N–H and O–H groups in total. The fourth-order valence-electron chi connectivity index (χ4n) is 2.07. The van der Waals surface area contributed by atoms with Gasteiger partial charge in [-0.2, -0.15) is 8.42 Å². The first-order chi connectivity index (χ1) is 8.15. The minimum Gasteiger partial charge on any atom is -1.00 e. The third-order valence-electron chi connectivity index (χ3n) is 2.88. The minimum atomic E-state index is -5.03. The average molecular weight is 306 g/mol. The Hall–Kier alpha value is -0.150. The summed E-state index contributed by atoms with van der Waals surface area (Å²) in [5, 5.41) is 18.2. The molecule has 2 atom stereocenters. The van der Waals surface area contributed by atoms with E-state index < -0.39 is 39.1 Å². The van der Waals surface area contributed by atoms with Crippen molar-refractivity contribution in [2.24, 2.45) is 5.92 Å². The van der Waals surface area contributed by atoms with E-state index in [9.17, 15) is 22.6 Å². The van der Waals surface area contributed by atoms with Crippen LogP contribution in [0.15, 0.2) is 0 Å². The Morgan fingerprint density at radius 1 is 1.21 bits per heavy atom. The minimum absolute atomic E-state index is 0. The summed E-state index contributed by atoms with van der Waals surface area (Å²) in [4.78, 5) is 22.4. The van der Waals surface area contributed by atoms with Gasteiger partial charge in [-0.15, -0.1) is 0 Å². The molecule has 0 amide bonds. The molecule has 0 spiro atoms. The molecule has 19 heavy (non-hydrogen) atoms. The van der Waals surface area contributed by atoms with Crippen LogP contribution in [-0.2, 0) is 19.7 Å². The van der Waals surface area contributed by atoms with Crippen LogP contribution < -0.4 is 29.6 Å². The molecule has 0 aromatic heterocycles. The van der Waals surface area contributed by atoms with E-state index in [2.05, 4.69) is 0 Å². The van der Waals surface area contributed by atoms with Gasteiger partial charge in [0.15, 0.2) is 0 Å². The summed E-state index contributed by atoms with van der Waals surface area (Å²) < 4.78 is 29.4. The van der Waals surface area contributed by atoms with Crippen LogP contribution in [-0.4, -0.2) is 39.9 Å². The van der Waals surface area contributed by atoms with E-state index in [-0.39, 0.29) is 43.8 Å². The summed E-state index contributed by atoms with van der Waals surface area (Å²) >= 11 is 0. The van der Waals surface area contributed by atoms with Crippen molar-refractivity contribution in [3.8, 4) is 0 Å². The molecule has 7 nitrogen and oxygen atoms in total. The molecule has 0 rings (SSSR count). The van der Waals surface area contributed by atoms with Crippen LogP contribution in [0.5, 0.6) is 0 Å². The zero-order valence-electron chi connectivity index (χ0n) is 12.3. The third-order valence-corrected chi connectivity index (χ3v) is 4.47. The van der Waals surface area contributed by atoms with E-state index in [1.807, 2.05) is 0 Å². The van der Waals surface area contributed by atoms with Crippen molar-refractivity contribution in [2.75, 3.05) is 0 Å². The van der Waals surface area contributed by atoms with Crippen LogP contribution in [0.1, 0.15) is 41.0 Å². The number of carbonyl (C=O) groups is 2. The SMILES string of the molecule is CCCC(C(=O)O)C(CCC)(C(=O)O)S(=O)(=O)O.[H-].[Na+]. The Balaban J connectivity index is -0.00000144. The van der Waals surface area contributed by atoms with E-state index in [1.165, 1.54) is 6.92 Å². The molecule has 0 saturated carbocycles. The predicted octanol–water partition coefficient (Wildman–Crippen LogP) is -1.88. The van der Waals surface area contributed by atoms with Crippen molar-refractivity contribution in [1.82, 2.24) is 0 Å². The number of hydrogen-bond donors (Lipinski definition) is 3. The molecule has 0 radical (unpaired) electrons. The molecule has 0 fully saturated rings. The Bertz CT molecular complexity index is 425. The van der Waals surface area contributed by atoms with Gasteiger partial charge in [-0.1, -0.05) is 26.7 Å². The zero-order valence-corrected chi connectivity index (χ0v) is 14.1. The molecule has 0 aliphatic heterocycles. The summed E-state index contributed by atoms with van der Waals surface area (Å²) in [5.41, 5.74) is 0. The largest absolute Gasteiger partial charge is 1.00 e. The zero-order chi connectivity index (χ0) is 14.6. The first kappa shape index (κ1) is 21.2. The van der Waals surface area contributed by atoms with Gasteiger partial charge in [-0.25, -0.2) is 0 Å². The Morgan fingerprint density at radius 2 is 1.68 bits per heavy atom. The van der Waals surface area contributed by atoms with Crippen molar-refractivity contribution < 1.29 is 63.8 Å². The monoisotopic (exact) mass is 306 g/mol. The Morgan fingerprint density at radius 3 is 1.89 bits per heavy atom. The standard InChI is InChI=1S/C10H18O7S.Na.H/c1-3-5-7(8(11)12)10(6-4-2,9(13)14)18(15,16)17;;/h7H,3-6H2,1-2H3,(H,11,12)(H,13,14)(H,15,16,17);;/q;+1;-1. The topological polar surface area (TPSA) is 129 Å². The van der Waals surface area contributed by atoms with Crippen molar-refractivity contribution >= 4 is 22.1 Å². The van der Waals surface area contributed by atoms with Crippen LogP contribution in [0.4, 0.5) is 0 Å². The van der Waals surface area contributed by atoms with E-state index in [1.54, 1.807) is 6.92 Å². The van der Waals surface area contributed by atoms with Crippen molar-refractivity contribution in [3.63, 3.8) is 0 Å². The molecule has 108 valence electrons. The van der Waals surface area contributed by atoms with E-state index in [4.69, 9.17) is 10.2 Å². The van der Waals surface area contributed by atoms with E-state index >= 15 is 0 Å². The predicted molar refractivity (Wildman–Crippen MR) is 64.0 cm³/mol. The Labute approximate surface area is 135 Å². The number of carboxylic acid groups (broad SMARTS) is 2. The summed E-state index contributed by atoms with van der Waals surface area (Å²) in [6.45, 7) is 3.13. The van der Waals surface area contributed by atoms with E-state index in [0.29, 0.717) is 6.42 Å². The molecule has 2 unspecified atom stereocenters. The molecule has 0 aromatic rings. The van der Waals surface area contributed by atoms with Gasteiger partial charge in [0.05, 0.1) is 5.92 Å². The molecule has 0 saturated heterocycles. The first-order valence-electron chi connectivity index (χ1n) is 5.58. The molecule has 9 heteroatoms. The van der Waals surface area contributed by atoms with Crippen molar-refractivity contribution in [1.29, 1.82) is 0 Å². The Kier molecular flexibility index (Phi) is 9.14. The molecule has 0 aliphatic carbocycles. The second-order valence-electron chi connectivity index (χ2n) is 4.10. The summed E-state index contributed by atoms with van der Waals surface area (Å²) in [6, 6.07) is 0. The first-order valence-corrected chi connectivity index (χ1v) is 7.02. The van der Waals surface area contributed by atoms with Gasteiger partial charge < -0.3 is 11.6 Å². The molecule has 0 bridgehead atoms. The molecule has 0 aromatic carbocycles. The maximum absolute atomic E-state index is 11.4. The molecule has 0 heterocycles. The fourth-order valence-corrected chi connectivity index (χ4v) is 3.33. The number of hydrogen-bond acceptors (Lipinski definition) is 4. The summed E-state index contributed by atoms with van der Waals surface area (Å²) in [6.07, 6.45) is -0.162. The van der Waals surface area contributed by atoms with Gasteiger partial charge in [-0.3, -0.25) is 14.1 Å². The average Bonchev–Trinajstić information content (AvgIpc) is 2.20. The van der Waals surface area contributed by atoms with E-state index in [0.717, 1.165) is 0 Å². The molecular formula is C10H19NaO7S. The number of aliphatic carboxylic acids is 2. The second-order valence-corrected chi connectivity index (χ2v) is 5.78. The van der Waals surface area contributed by atoms with Gasteiger partial charge >= 0.3 is 41.5 Å². The maximum Gasteiger partial charge on any atom is 1.00 e. The fraction of sp³-hybridized carbons (Fsp3) is 0.800. The van der Waals surface area contributed by atoms with Crippen LogP contribution in [0.25, 0.3) is 0 Å². The van der Waals surface area contributed by atoms with Gasteiger partial charge in [0.25, 0.3) is 10.1 Å². The summed E-state index contributed by atoms with van der Waals surface area (Å²) in [7, 11) is -5.03. The summed E-state index contributed by atoms with van der Waals surface area (Å²) in [5.74, 6) is -5.03. The number of carboxylic acids is 2. The van der Waals surface area contributed by atoms with Gasteiger partial charge in [0, 0.05) is 0 Å². The van der Waals surface area contributed by atoms with Crippen LogP contribution in [0, 0.1) is 5.92 Å². The molecule has 0 aliphatic rings. The second kappa shape index (κ2) is 8.21. The number of rotatable bonds is 8.